The number of nitrogens with one attached hydrogen (secondary N) is 2. The van der Waals surface area contributed by atoms with Crippen LogP contribution in [0.2, 0.25) is 0 Å². The number of carbonyl (C=O) groups is 1. The Hall–Kier alpha value is -3.50. The molecule has 1 aliphatic heterocycles. The van der Waals surface area contributed by atoms with Gasteiger partial charge in [-0.15, -0.1) is 11.3 Å². The fourth-order valence-electron chi connectivity index (χ4n) is 4.16. The molecule has 8 nitrogen and oxygen atoms in total. The van der Waals surface area contributed by atoms with Gasteiger partial charge >= 0.3 is 0 Å². The summed E-state index contributed by atoms with van der Waals surface area (Å²) in [5.74, 6) is 0.497. The van der Waals surface area contributed by atoms with Crippen molar-refractivity contribution >= 4 is 55.6 Å². The third-order valence-electron chi connectivity index (χ3n) is 5.66. The molecule has 4 aromatic rings. The Labute approximate surface area is 201 Å². The van der Waals surface area contributed by atoms with Crippen LogP contribution in [0.3, 0.4) is 0 Å². The summed E-state index contributed by atoms with van der Waals surface area (Å²) in [5, 5.41) is 4.68. The maximum absolute atomic E-state index is 13.3. The lowest BCUT2D eigenvalue weighted by Crippen LogP contribution is -2.26. The number of anilines is 3. The largest absolute Gasteiger partial charge is 0.346 e. The van der Waals surface area contributed by atoms with Crippen molar-refractivity contribution in [1.29, 1.82) is 0 Å². The number of para-hydroxylation sites is 2. The molecule has 10 heteroatoms. The number of hydrogen-bond acceptors (Lipinski definition) is 7. The van der Waals surface area contributed by atoms with Crippen LogP contribution in [0.4, 0.5) is 17.3 Å². The Morgan fingerprint density at radius 1 is 1.03 bits per heavy atom. The third-order valence-corrected chi connectivity index (χ3v) is 7.99. The molecule has 1 fully saturated rings. The van der Waals surface area contributed by atoms with Gasteiger partial charge in [-0.05, 0) is 60.7 Å². The van der Waals surface area contributed by atoms with Crippen LogP contribution in [0.1, 0.15) is 30.7 Å². The number of fused-ring (bicyclic) bond motifs is 1. The van der Waals surface area contributed by atoms with E-state index >= 15 is 0 Å². The van der Waals surface area contributed by atoms with E-state index in [2.05, 4.69) is 26.0 Å². The maximum atomic E-state index is 13.3. The molecule has 0 spiro atoms. The standard InChI is InChI=1S/C24H23N5O3S2/c1-16(30)25-17-10-12-18(13-11-17)34(31,32)28-23-24(27-20-7-3-2-6-19(20)26-23)29-14-4-8-21(29)22-9-5-15-33-22/h2-3,5-7,9-13,15,21H,4,8,14H2,1H3,(H,25,30)(H,26,28)/t21-/m1/s1. The van der Waals surface area contributed by atoms with E-state index in [0.29, 0.717) is 22.5 Å². The van der Waals surface area contributed by atoms with Crippen molar-refractivity contribution in [3.05, 3.63) is 70.9 Å². The molecule has 2 aromatic heterocycles. The van der Waals surface area contributed by atoms with Crippen LogP contribution in [0.5, 0.6) is 0 Å². The first-order chi connectivity index (χ1) is 16.4. The molecule has 0 aliphatic carbocycles. The molecule has 2 N–H and O–H groups in total. The van der Waals surface area contributed by atoms with Gasteiger partial charge in [0.25, 0.3) is 10.0 Å². The number of sulfonamides is 1. The minimum atomic E-state index is -3.94. The number of nitrogens with zero attached hydrogens (tertiary/aromatic N) is 3. The van der Waals surface area contributed by atoms with Crippen molar-refractivity contribution in [2.24, 2.45) is 0 Å². The summed E-state index contributed by atoms with van der Waals surface area (Å²) in [7, 11) is -3.94. The first-order valence-electron chi connectivity index (χ1n) is 10.9. The molecular formula is C24H23N5O3S2. The van der Waals surface area contributed by atoms with Crippen molar-refractivity contribution in [3.63, 3.8) is 0 Å². The van der Waals surface area contributed by atoms with Gasteiger partial charge in [-0.1, -0.05) is 18.2 Å². The monoisotopic (exact) mass is 493 g/mol. The van der Waals surface area contributed by atoms with Crippen molar-refractivity contribution in [2.45, 2.75) is 30.7 Å². The third kappa shape index (κ3) is 4.46. The Kier molecular flexibility index (Phi) is 5.93. The SMILES string of the molecule is CC(=O)Nc1ccc(S(=O)(=O)Nc2nc3ccccc3nc2N2CCC[C@@H]2c2cccs2)cc1. The highest BCUT2D eigenvalue weighted by Crippen LogP contribution is 2.40. The molecule has 1 aliphatic rings. The average Bonchev–Trinajstić information content (AvgIpc) is 3.50. The second-order valence-electron chi connectivity index (χ2n) is 8.06. The van der Waals surface area contributed by atoms with E-state index in [1.54, 1.807) is 23.5 Å². The predicted octanol–water partition coefficient (Wildman–Crippen LogP) is 4.79. The molecule has 3 heterocycles. The molecule has 1 saturated heterocycles. The summed E-state index contributed by atoms with van der Waals surface area (Å²) in [5.41, 5.74) is 1.84. The molecule has 1 amide bonds. The van der Waals surface area contributed by atoms with Gasteiger partial charge in [0.2, 0.25) is 5.91 Å². The maximum Gasteiger partial charge on any atom is 0.263 e. The first-order valence-corrected chi connectivity index (χ1v) is 13.2. The second-order valence-corrected chi connectivity index (χ2v) is 10.7. The number of aromatic nitrogens is 2. The van der Waals surface area contributed by atoms with E-state index in [-0.39, 0.29) is 22.7 Å². The Morgan fingerprint density at radius 2 is 1.76 bits per heavy atom. The van der Waals surface area contributed by atoms with E-state index in [0.717, 1.165) is 19.4 Å². The van der Waals surface area contributed by atoms with Gasteiger partial charge in [0.05, 0.1) is 22.0 Å². The summed E-state index contributed by atoms with van der Waals surface area (Å²) in [6.45, 7) is 2.16. The lowest BCUT2D eigenvalue weighted by molar-refractivity contribution is -0.114. The van der Waals surface area contributed by atoms with Gasteiger partial charge in [0.1, 0.15) is 0 Å². The van der Waals surface area contributed by atoms with Gasteiger partial charge in [0, 0.05) is 24.0 Å². The molecule has 1 atom stereocenters. The Bertz CT molecular complexity index is 1440. The van der Waals surface area contributed by atoms with E-state index in [4.69, 9.17) is 4.98 Å². The molecule has 0 unspecified atom stereocenters. The topological polar surface area (TPSA) is 104 Å². The fraction of sp³-hybridized carbons (Fsp3) is 0.208. The van der Waals surface area contributed by atoms with Gasteiger partial charge < -0.3 is 10.2 Å². The van der Waals surface area contributed by atoms with Crippen LogP contribution in [0.15, 0.2) is 70.9 Å². The summed E-state index contributed by atoms with van der Waals surface area (Å²) in [6.07, 6.45) is 1.94. The molecule has 5 rings (SSSR count). The highest BCUT2D eigenvalue weighted by atomic mass is 32.2. The van der Waals surface area contributed by atoms with Crippen molar-refractivity contribution in [2.75, 3.05) is 21.5 Å². The molecule has 174 valence electrons. The van der Waals surface area contributed by atoms with E-state index < -0.39 is 10.0 Å². The first kappa shape index (κ1) is 22.3. The zero-order chi connectivity index (χ0) is 23.7. The van der Waals surface area contributed by atoms with Crippen molar-refractivity contribution in [3.8, 4) is 0 Å². The quantitative estimate of drug-likeness (QED) is 0.400. The number of carbonyl (C=O) groups excluding carboxylic acids is 1. The summed E-state index contributed by atoms with van der Waals surface area (Å²) >= 11 is 1.69. The van der Waals surface area contributed by atoms with Crippen LogP contribution in [0.25, 0.3) is 11.0 Å². The predicted molar refractivity (Wildman–Crippen MR) is 135 cm³/mol. The average molecular weight is 494 g/mol. The summed E-state index contributed by atoms with van der Waals surface area (Å²) in [6, 6.07) is 17.7. The summed E-state index contributed by atoms with van der Waals surface area (Å²) in [4.78, 5) is 24.2. The van der Waals surface area contributed by atoms with Crippen molar-refractivity contribution < 1.29 is 13.2 Å². The van der Waals surface area contributed by atoms with Crippen LogP contribution in [-0.2, 0) is 14.8 Å². The molecule has 0 radical (unpaired) electrons. The Morgan fingerprint density at radius 3 is 2.44 bits per heavy atom. The van der Waals surface area contributed by atoms with Crippen LogP contribution in [-0.4, -0.2) is 30.8 Å². The van der Waals surface area contributed by atoms with Crippen LogP contribution < -0.4 is 14.9 Å². The van der Waals surface area contributed by atoms with E-state index in [1.807, 2.05) is 35.7 Å². The second kappa shape index (κ2) is 9.03. The zero-order valence-electron chi connectivity index (χ0n) is 18.4. The highest BCUT2D eigenvalue weighted by Gasteiger charge is 2.31. The number of benzene rings is 2. The molecule has 34 heavy (non-hydrogen) atoms. The van der Waals surface area contributed by atoms with E-state index in [1.165, 1.54) is 23.9 Å². The molecule has 0 bridgehead atoms. The van der Waals surface area contributed by atoms with Gasteiger partial charge in [-0.25, -0.2) is 18.4 Å². The normalized spacial score (nSPS) is 16.0. The summed E-state index contributed by atoms with van der Waals surface area (Å²) < 4.78 is 29.2. The minimum absolute atomic E-state index is 0.0683. The van der Waals surface area contributed by atoms with Crippen LogP contribution >= 0.6 is 11.3 Å². The smallest absolute Gasteiger partial charge is 0.263 e. The zero-order valence-corrected chi connectivity index (χ0v) is 20.1. The molecular weight excluding hydrogens is 470 g/mol. The number of amides is 1. The van der Waals surface area contributed by atoms with E-state index in [9.17, 15) is 13.2 Å². The highest BCUT2D eigenvalue weighted by molar-refractivity contribution is 7.92. The van der Waals surface area contributed by atoms with Gasteiger partial charge in [0.15, 0.2) is 11.6 Å². The number of hydrogen-bond donors (Lipinski definition) is 2. The molecule has 0 saturated carbocycles. The minimum Gasteiger partial charge on any atom is -0.346 e. The number of thiophene rings is 1. The Balaban J connectivity index is 1.54. The van der Waals surface area contributed by atoms with Gasteiger partial charge in [-0.2, -0.15) is 0 Å². The molecule has 2 aromatic carbocycles. The van der Waals surface area contributed by atoms with Gasteiger partial charge in [-0.3, -0.25) is 9.52 Å². The lowest BCUT2D eigenvalue weighted by Gasteiger charge is -2.27. The fourth-order valence-corrected chi connectivity index (χ4v) is 6.04. The van der Waals surface area contributed by atoms with Crippen molar-refractivity contribution in [1.82, 2.24) is 9.97 Å². The number of rotatable bonds is 6. The van der Waals surface area contributed by atoms with Crippen LogP contribution in [0, 0.1) is 0 Å². The lowest BCUT2D eigenvalue weighted by atomic mass is 10.2.